The van der Waals surface area contributed by atoms with E-state index in [0.717, 1.165) is 12.2 Å². The summed E-state index contributed by atoms with van der Waals surface area (Å²) in [6.45, 7) is 2.21. The van der Waals surface area contributed by atoms with Gasteiger partial charge in [0.05, 0.1) is 7.11 Å². The van der Waals surface area contributed by atoms with Crippen molar-refractivity contribution in [3.05, 3.63) is 30.0 Å². The van der Waals surface area contributed by atoms with Crippen molar-refractivity contribution in [3.63, 3.8) is 0 Å². The van der Waals surface area contributed by atoms with Gasteiger partial charge in [-0.15, -0.1) is 0 Å². The van der Waals surface area contributed by atoms with Gasteiger partial charge in [-0.05, 0) is 36.4 Å². The normalized spacial score (nSPS) is 10.8. The lowest BCUT2D eigenvalue weighted by Gasteiger charge is -1.97. The molecule has 15 heavy (non-hydrogen) atoms. The summed E-state index contributed by atoms with van der Waals surface area (Å²) >= 11 is 0. The van der Waals surface area contributed by atoms with E-state index in [4.69, 9.17) is 4.74 Å². The third-order valence-electron chi connectivity index (χ3n) is 2.69. The lowest BCUT2D eigenvalue weighted by Crippen LogP contribution is -1.83. The number of ether oxygens (including phenoxy) is 1. The van der Waals surface area contributed by atoms with Crippen LogP contribution in [0.1, 0.15) is 25.5 Å². The van der Waals surface area contributed by atoms with Crippen molar-refractivity contribution >= 4 is 10.9 Å². The number of unbranched alkanes of at least 4 members (excludes halogenated alkanes) is 1. The van der Waals surface area contributed by atoms with Gasteiger partial charge < -0.3 is 9.72 Å². The molecule has 0 radical (unpaired) electrons. The molecule has 1 heterocycles. The minimum absolute atomic E-state index is 0.909. The zero-order valence-corrected chi connectivity index (χ0v) is 9.34. The van der Waals surface area contributed by atoms with Crippen LogP contribution >= 0.6 is 0 Å². The van der Waals surface area contributed by atoms with Gasteiger partial charge in [-0.25, -0.2) is 0 Å². The van der Waals surface area contributed by atoms with Gasteiger partial charge in [0.1, 0.15) is 5.75 Å². The number of fused-ring (bicyclic) bond motifs is 1. The predicted molar refractivity (Wildman–Crippen MR) is 63.5 cm³/mol. The first-order valence-corrected chi connectivity index (χ1v) is 5.49. The second-order valence-electron chi connectivity index (χ2n) is 3.85. The molecule has 2 rings (SSSR count). The number of aryl methyl sites for hydroxylation is 1. The number of nitrogens with one attached hydrogen (secondary N) is 1. The van der Waals surface area contributed by atoms with Gasteiger partial charge in [0.25, 0.3) is 0 Å². The Labute approximate surface area is 90.3 Å². The number of aromatic nitrogens is 1. The Hall–Kier alpha value is -1.44. The Morgan fingerprint density at radius 1 is 1.27 bits per heavy atom. The van der Waals surface area contributed by atoms with E-state index >= 15 is 0 Å². The first-order chi connectivity index (χ1) is 7.33. The highest BCUT2D eigenvalue weighted by molar-refractivity contribution is 5.81. The van der Waals surface area contributed by atoms with Crippen LogP contribution in [0.4, 0.5) is 0 Å². The van der Waals surface area contributed by atoms with E-state index in [9.17, 15) is 0 Å². The molecule has 80 valence electrons. The molecular weight excluding hydrogens is 186 g/mol. The molecular formula is C13H17NO. The number of H-pyrrole nitrogens is 1. The van der Waals surface area contributed by atoms with Gasteiger partial charge in [-0.2, -0.15) is 0 Å². The number of methoxy groups -OCH3 is 1. The van der Waals surface area contributed by atoms with Gasteiger partial charge >= 0.3 is 0 Å². The Kier molecular flexibility index (Phi) is 2.95. The summed E-state index contributed by atoms with van der Waals surface area (Å²) in [4.78, 5) is 3.43. The van der Waals surface area contributed by atoms with Crippen LogP contribution in [0.25, 0.3) is 10.9 Å². The standard InChI is InChI=1S/C13H17NO/c1-3-4-5-11-8-10-6-7-12(15-2)9-13(10)14-11/h6-9,14H,3-5H2,1-2H3. The Bertz CT molecular complexity index is 445. The second kappa shape index (κ2) is 4.39. The maximum atomic E-state index is 5.19. The third kappa shape index (κ3) is 2.14. The van der Waals surface area contributed by atoms with E-state index < -0.39 is 0 Å². The molecule has 2 nitrogen and oxygen atoms in total. The van der Waals surface area contributed by atoms with Crippen molar-refractivity contribution in [1.82, 2.24) is 4.98 Å². The SMILES string of the molecule is CCCCc1cc2ccc(OC)cc2[nH]1. The van der Waals surface area contributed by atoms with Gasteiger partial charge in [0.15, 0.2) is 0 Å². The first-order valence-electron chi connectivity index (χ1n) is 5.49. The summed E-state index contributed by atoms with van der Waals surface area (Å²) in [5.74, 6) is 0.909. The highest BCUT2D eigenvalue weighted by atomic mass is 16.5. The maximum absolute atomic E-state index is 5.19. The minimum Gasteiger partial charge on any atom is -0.497 e. The average Bonchev–Trinajstić information content (AvgIpc) is 2.67. The fourth-order valence-corrected chi connectivity index (χ4v) is 1.80. The molecule has 0 aliphatic heterocycles. The van der Waals surface area contributed by atoms with Crippen molar-refractivity contribution < 1.29 is 4.74 Å². The van der Waals surface area contributed by atoms with Crippen molar-refractivity contribution in [2.45, 2.75) is 26.2 Å². The van der Waals surface area contributed by atoms with Crippen molar-refractivity contribution in [2.75, 3.05) is 7.11 Å². The first kappa shape index (κ1) is 10.1. The lowest BCUT2D eigenvalue weighted by atomic mass is 10.2. The summed E-state index contributed by atoms with van der Waals surface area (Å²) < 4.78 is 5.19. The van der Waals surface area contributed by atoms with E-state index in [1.807, 2.05) is 12.1 Å². The van der Waals surface area contributed by atoms with E-state index in [2.05, 4.69) is 24.0 Å². The molecule has 1 aromatic carbocycles. The average molecular weight is 203 g/mol. The van der Waals surface area contributed by atoms with Crippen LogP contribution < -0.4 is 4.74 Å². The zero-order valence-electron chi connectivity index (χ0n) is 9.34. The van der Waals surface area contributed by atoms with Crippen LogP contribution in [0, 0.1) is 0 Å². The molecule has 0 bridgehead atoms. The molecule has 0 aliphatic rings. The Morgan fingerprint density at radius 2 is 2.13 bits per heavy atom. The fourth-order valence-electron chi connectivity index (χ4n) is 1.80. The minimum atomic E-state index is 0.909. The van der Waals surface area contributed by atoms with Gasteiger partial charge in [0, 0.05) is 17.3 Å². The van der Waals surface area contributed by atoms with Crippen LogP contribution in [0.5, 0.6) is 5.75 Å². The number of benzene rings is 1. The number of aromatic amines is 1. The monoisotopic (exact) mass is 203 g/mol. The molecule has 2 aromatic rings. The van der Waals surface area contributed by atoms with Crippen LogP contribution in [0.2, 0.25) is 0 Å². The molecule has 0 saturated heterocycles. The molecule has 0 aliphatic carbocycles. The van der Waals surface area contributed by atoms with E-state index in [0.29, 0.717) is 0 Å². The second-order valence-corrected chi connectivity index (χ2v) is 3.85. The summed E-state index contributed by atoms with van der Waals surface area (Å²) in [5.41, 5.74) is 2.49. The summed E-state index contributed by atoms with van der Waals surface area (Å²) in [6, 6.07) is 8.37. The zero-order chi connectivity index (χ0) is 10.7. The lowest BCUT2D eigenvalue weighted by molar-refractivity contribution is 0.415. The summed E-state index contributed by atoms with van der Waals surface area (Å²) in [7, 11) is 1.70. The summed E-state index contributed by atoms with van der Waals surface area (Å²) in [5, 5.41) is 1.27. The highest BCUT2D eigenvalue weighted by Crippen LogP contribution is 2.21. The maximum Gasteiger partial charge on any atom is 0.120 e. The Balaban J connectivity index is 2.29. The smallest absolute Gasteiger partial charge is 0.120 e. The van der Waals surface area contributed by atoms with Crippen molar-refractivity contribution in [2.24, 2.45) is 0 Å². The van der Waals surface area contributed by atoms with E-state index in [-0.39, 0.29) is 0 Å². The topological polar surface area (TPSA) is 25.0 Å². The molecule has 0 fully saturated rings. The van der Waals surface area contributed by atoms with Crippen LogP contribution in [-0.2, 0) is 6.42 Å². The van der Waals surface area contributed by atoms with E-state index in [1.165, 1.54) is 29.4 Å². The molecule has 0 unspecified atom stereocenters. The van der Waals surface area contributed by atoms with Crippen molar-refractivity contribution in [3.8, 4) is 5.75 Å². The van der Waals surface area contributed by atoms with Crippen LogP contribution in [0.3, 0.4) is 0 Å². The number of hydrogen-bond acceptors (Lipinski definition) is 1. The largest absolute Gasteiger partial charge is 0.497 e. The number of rotatable bonds is 4. The van der Waals surface area contributed by atoms with E-state index in [1.54, 1.807) is 7.11 Å². The van der Waals surface area contributed by atoms with Crippen LogP contribution in [-0.4, -0.2) is 12.1 Å². The van der Waals surface area contributed by atoms with Gasteiger partial charge in [-0.1, -0.05) is 13.3 Å². The molecule has 0 saturated carbocycles. The van der Waals surface area contributed by atoms with Crippen molar-refractivity contribution in [1.29, 1.82) is 0 Å². The van der Waals surface area contributed by atoms with Gasteiger partial charge in [0.2, 0.25) is 0 Å². The molecule has 1 N–H and O–H groups in total. The number of hydrogen-bond donors (Lipinski definition) is 1. The molecule has 1 aromatic heterocycles. The van der Waals surface area contributed by atoms with Crippen LogP contribution in [0.15, 0.2) is 24.3 Å². The Morgan fingerprint density at radius 3 is 2.87 bits per heavy atom. The molecule has 0 spiro atoms. The molecule has 0 atom stereocenters. The molecule has 2 heteroatoms. The third-order valence-corrected chi connectivity index (χ3v) is 2.69. The predicted octanol–water partition coefficient (Wildman–Crippen LogP) is 3.52. The quantitative estimate of drug-likeness (QED) is 0.808. The fraction of sp³-hybridized carbons (Fsp3) is 0.385. The van der Waals surface area contributed by atoms with Gasteiger partial charge in [-0.3, -0.25) is 0 Å². The highest BCUT2D eigenvalue weighted by Gasteiger charge is 2.01. The summed E-state index contributed by atoms with van der Waals surface area (Å²) in [6.07, 6.45) is 3.61. The molecule has 0 amide bonds.